The molecule has 1 aliphatic heterocycles. The molecule has 198 valence electrons. The second-order valence-corrected chi connectivity index (χ2v) is 11.1. The summed E-state index contributed by atoms with van der Waals surface area (Å²) in [5, 5.41) is 14.7. The highest BCUT2D eigenvalue weighted by atomic mass is 16.6. The lowest BCUT2D eigenvalue weighted by Crippen LogP contribution is -2.53. The maximum Gasteiger partial charge on any atom is 0.337 e. The Bertz CT molecular complexity index is 1150. The van der Waals surface area contributed by atoms with Crippen LogP contribution in [0.2, 0.25) is 0 Å². The average molecular weight is 511 g/mol. The summed E-state index contributed by atoms with van der Waals surface area (Å²) in [7, 11) is 1.51. The van der Waals surface area contributed by atoms with Gasteiger partial charge >= 0.3 is 11.9 Å². The molecule has 1 atom stereocenters. The lowest BCUT2D eigenvalue weighted by molar-refractivity contribution is -0.384. The first-order valence-corrected chi connectivity index (χ1v) is 13.0. The van der Waals surface area contributed by atoms with E-state index in [-0.39, 0.29) is 24.5 Å². The fraction of sp³-hybridized carbons (Fsp3) is 0.571. The molecule has 0 aromatic heterocycles. The van der Waals surface area contributed by atoms with E-state index >= 15 is 0 Å². The highest BCUT2D eigenvalue weighted by Crippen LogP contribution is 2.57. The summed E-state index contributed by atoms with van der Waals surface area (Å²) < 4.78 is 16.8. The van der Waals surface area contributed by atoms with E-state index in [0.717, 1.165) is 19.3 Å². The number of methoxy groups -OCH3 is 1. The number of nitro benzene ring substituents is 1. The van der Waals surface area contributed by atoms with E-state index in [2.05, 4.69) is 5.32 Å². The molecule has 37 heavy (non-hydrogen) atoms. The molecule has 1 heterocycles. The third-order valence-corrected chi connectivity index (χ3v) is 8.43. The van der Waals surface area contributed by atoms with Crippen LogP contribution in [0.5, 0.6) is 0 Å². The fourth-order valence-corrected chi connectivity index (χ4v) is 7.39. The van der Waals surface area contributed by atoms with Gasteiger partial charge in [-0.05, 0) is 75.7 Å². The molecule has 4 aliphatic carbocycles. The van der Waals surface area contributed by atoms with Gasteiger partial charge in [-0.3, -0.25) is 10.1 Å². The van der Waals surface area contributed by atoms with Crippen molar-refractivity contribution in [3.05, 3.63) is 62.5 Å². The van der Waals surface area contributed by atoms with Crippen LogP contribution in [0, 0.1) is 27.9 Å². The van der Waals surface area contributed by atoms with Gasteiger partial charge in [-0.2, -0.15) is 0 Å². The van der Waals surface area contributed by atoms with Crippen molar-refractivity contribution in [2.24, 2.45) is 17.8 Å². The Hall–Kier alpha value is -3.20. The Morgan fingerprint density at radius 2 is 1.59 bits per heavy atom. The summed E-state index contributed by atoms with van der Waals surface area (Å²) in [5.74, 6) is -0.152. The topological polar surface area (TPSA) is 117 Å². The number of benzene rings is 1. The number of rotatable bonds is 8. The van der Waals surface area contributed by atoms with Crippen LogP contribution in [0.1, 0.15) is 63.9 Å². The summed E-state index contributed by atoms with van der Waals surface area (Å²) in [5.41, 5.74) is 1.50. The molecule has 0 radical (unpaired) electrons. The maximum atomic E-state index is 14.0. The zero-order valence-corrected chi connectivity index (χ0v) is 21.6. The van der Waals surface area contributed by atoms with E-state index < -0.39 is 28.4 Å². The van der Waals surface area contributed by atoms with Gasteiger partial charge in [0, 0.05) is 30.6 Å². The highest BCUT2D eigenvalue weighted by Gasteiger charge is 2.54. The molecule has 0 saturated heterocycles. The van der Waals surface area contributed by atoms with Crippen molar-refractivity contribution in [1.82, 2.24) is 5.32 Å². The molecule has 0 unspecified atom stereocenters. The zero-order valence-electron chi connectivity index (χ0n) is 21.6. The molecule has 6 rings (SSSR count). The monoisotopic (exact) mass is 510 g/mol. The molecule has 9 heteroatoms. The second kappa shape index (κ2) is 9.93. The number of esters is 2. The number of carbonyl (C=O) groups is 2. The molecular formula is C28H34N2O7. The molecule has 4 bridgehead atoms. The standard InChI is InChI=1S/C28H34N2O7/c1-16-23(26(31)36-8-7-35-3)25(21-5-4-6-22(12-21)30(33)34)24(17(2)29-16)27(32)37-28-13-18-9-19(14-28)11-20(10-18)15-28/h4-6,12,18-20,25,29H,7-11,13-15H2,1-3H3/t18?,19?,20?,25-,28?/m1/s1. The van der Waals surface area contributed by atoms with Gasteiger partial charge in [0.05, 0.1) is 28.6 Å². The Morgan fingerprint density at radius 3 is 2.16 bits per heavy atom. The Balaban J connectivity index is 1.51. The van der Waals surface area contributed by atoms with E-state index in [1.165, 1.54) is 38.5 Å². The van der Waals surface area contributed by atoms with E-state index in [0.29, 0.717) is 40.3 Å². The van der Waals surface area contributed by atoms with Crippen molar-refractivity contribution in [3.63, 3.8) is 0 Å². The third-order valence-electron chi connectivity index (χ3n) is 8.43. The number of carbonyl (C=O) groups excluding carboxylic acids is 2. The van der Waals surface area contributed by atoms with Gasteiger partial charge in [-0.15, -0.1) is 0 Å². The van der Waals surface area contributed by atoms with Gasteiger partial charge in [-0.1, -0.05) is 12.1 Å². The number of nitro groups is 1. The fourth-order valence-electron chi connectivity index (χ4n) is 7.39. The maximum absolute atomic E-state index is 14.0. The number of dihydropyridines is 1. The van der Waals surface area contributed by atoms with Gasteiger partial charge in [0.15, 0.2) is 0 Å². The first kappa shape index (κ1) is 25.4. The largest absolute Gasteiger partial charge is 0.460 e. The van der Waals surface area contributed by atoms with Gasteiger partial charge in [-0.25, -0.2) is 9.59 Å². The number of nitrogens with zero attached hydrogens (tertiary/aromatic N) is 1. The highest BCUT2D eigenvalue weighted by molar-refractivity contribution is 6.00. The number of hydrogen-bond donors (Lipinski definition) is 1. The van der Waals surface area contributed by atoms with Crippen LogP contribution >= 0.6 is 0 Å². The summed E-state index contributed by atoms with van der Waals surface area (Å²) in [6.45, 7) is 3.78. The van der Waals surface area contributed by atoms with Gasteiger partial charge in [0.1, 0.15) is 12.2 Å². The first-order chi connectivity index (χ1) is 17.7. The van der Waals surface area contributed by atoms with Crippen molar-refractivity contribution in [3.8, 4) is 0 Å². The van der Waals surface area contributed by atoms with Gasteiger partial charge in [0.25, 0.3) is 5.69 Å². The Labute approximate surface area is 216 Å². The Morgan fingerprint density at radius 1 is 1.00 bits per heavy atom. The van der Waals surface area contributed by atoms with Crippen LogP contribution in [0.3, 0.4) is 0 Å². The van der Waals surface area contributed by atoms with Crippen molar-refractivity contribution in [1.29, 1.82) is 0 Å². The smallest absolute Gasteiger partial charge is 0.337 e. The van der Waals surface area contributed by atoms with Crippen LogP contribution in [-0.2, 0) is 23.8 Å². The molecular weight excluding hydrogens is 476 g/mol. The zero-order chi connectivity index (χ0) is 26.3. The molecule has 0 amide bonds. The van der Waals surface area contributed by atoms with Crippen LogP contribution in [0.15, 0.2) is 46.8 Å². The molecule has 1 aromatic rings. The van der Waals surface area contributed by atoms with Crippen LogP contribution in [0.4, 0.5) is 5.69 Å². The normalized spacial score (nSPS) is 30.2. The van der Waals surface area contributed by atoms with E-state index in [4.69, 9.17) is 14.2 Å². The SMILES string of the molecule is COCCOC(=O)C1=C(C)NC(C)=C(C(=O)OC23CC4CC(CC(C4)C2)C3)[C@@H]1c1cccc([N+](=O)[O-])c1. The van der Waals surface area contributed by atoms with E-state index in [1.54, 1.807) is 26.0 Å². The molecule has 0 spiro atoms. The van der Waals surface area contributed by atoms with Crippen molar-refractivity contribution in [2.45, 2.75) is 63.9 Å². The Kier molecular flexibility index (Phi) is 6.83. The number of hydrogen-bond acceptors (Lipinski definition) is 8. The minimum absolute atomic E-state index is 0.0452. The third kappa shape index (κ3) is 4.89. The first-order valence-electron chi connectivity index (χ1n) is 13.0. The average Bonchev–Trinajstić information content (AvgIpc) is 2.82. The van der Waals surface area contributed by atoms with Crippen LogP contribution < -0.4 is 5.32 Å². The van der Waals surface area contributed by atoms with Crippen molar-refractivity contribution >= 4 is 17.6 Å². The number of ether oxygens (including phenoxy) is 3. The quantitative estimate of drug-likeness (QED) is 0.235. The summed E-state index contributed by atoms with van der Waals surface area (Å²) in [6, 6.07) is 6.07. The van der Waals surface area contributed by atoms with Crippen LogP contribution in [0.25, 0.3) is 0 Å². The molecule has 1 N–H and O–H groups in total. The number of allylic oxidation sites excluding steroid dienone is 2. The molecule has 9 nitrogen and oxygen atoms in total. The summed E-state index contributed by atoms with van der Waals surface area (Å²) >= 11 is 0. The number of non-ortho nitro benzene ring substituents is 1. The summed E-state index contributed by atoms with van der Waals surface area (Å²) in [4.78, 5) is 38.3. The lowest BCUT2D eigenvalue weighted by atomic mass is 9.54. The molecule has 4 saturated carbocycles. The van der Waals surface area contributed by atoms with E-state index in [9.17, 15) is 19.7 Å². The van der Waals surface area contributed by atoms with Crippen molar-refractivity contribution < 1.29 is 28.7 Å². The van der Waals surface area contributed by atoms with E-state index in [1.807, 2.05) is 0 Å². The van der Waals surface area contributed by atoms with Crippen LogP contribution in [-0.4, -0.2) is 42.8 Å². The molecule has 4 fully saturated rings. The second-order valence-electron chi connectivity index (χ2n) is 11.1. The summed E-state index contributed by atoms with van der Waals surface area (Å²) in [6.07, 6.45) is 6.30. The molecule has 5 aliphatic rings. The predicted molar refractivity (Wildman–Crippen MR) is 134 cm³/mol. The van der Waals surface area contributed by atoms with Crippen molar-refractivity contribution in [2.75, 3.05) is 20.3 Å². The van der Waals surface area contributed by atoms with Gasteiger partial charge < -0.3 is 19.5 Å². The minimum Gasteiger partial charge on any atom is -0.460 e. The minimum atomic E-state index is -0.863. The van der Waals surface area contributed by atoms with Gasteiger partial charge in [0.2, 0.25) is 0 Å². The lowest BCUT2D eigenvalue weighted by Gasteiger charge is -2.55. The number of nitrogens with one attached hydrogen (secondary N) is 1. The predicted octanol–water partition coefficient (Wildman–Crippen LogP) is 4.53. The molecule has 1 aromatic carbocycles.